The number of nitro benzene ring substituents is 1. The molecule has 0 bridgehead atoms. The molecule has 0 atom stereocenters. The number of benzene rings is 2. The van der Waals surface area contributed by atoms with Gasteiger partial charge in [0.25, 0.3) is 5.69 Å². The first-order chi connectivity index (χ1) is 14.5. The van der Waals surface area contributed by atoms with Crippen molar-refractivity contribution >= 4 is 27.1 Å². The first-order valence-corrected chi connectivity index (χ1v) is 10.8. The molecule has 0 saturated heterocycles. The fraction of sp³-hybridized carbons (Fsp3) is 0. The standard InChI is InChI=1S/C20H13N3O5S2/c24-23(25)19-16(14-6-2-1-3-7-14)9-4-10-17(19)30(26,27)28-18-13-22-20(29-18)15-8-5-11-21-12-15/h1-13H. The maximum Gasteiger partial charge on any atom is 0.346 e. The quantitative estimate of drug-likeness (QED) is 0.246. The number of para-hydroxylation sites is 1. The highest BCUT2D eigenvalue weighted by molar-refractivity contribution is 7.87. The molecule has 0 amide bonds. The Labute approximate surface area is 175 Å². The minimum atomic E-state index is -4.48. The molecule has 2 heterocycles. The smallest absolute Gasteiger partial charge is 0.346 e. The van der Waals surface area contributed by atoms with E-state index in [4.69, 9.17) is 4.18 Å². The molecule has 2 aromatic carbocycles. The lowest BCUT2D eigenvalue weighted by molar-refractivity contribution is -0.387. The van der Waals surface area contributed by atoms with Gasteiger partial charge in [-0.25, -0.2) is 4.98 Å². The van der Waals surface area contributed by atoms with Crippen molar-refractivity contribution in [2.75, 3.05) is 0 Å². The molecule has 2 aromatic heterocycles. The zero-order chi connectivity index (χ0) is 21.1. The zero-order valence-corrected chi connectivity index (χ0v) is 16.8. The van der Waals surface area contributed by atoms with Crippen LogP contribution in [0.25, 0.3) is 21.7 Å². The third-order valence-corrected chi connectivity index (χ3v) is 6.42. The Morgan fingerprint density at radius 3 is 2.40 bits per heavy atom. The van der Waals surface area contributed by atoms with Crippen molar-refractivity contribution in [2.45, 2.75) is 4.90 Å². The molecule has 150 valence electrons. The molecule has 0 saturated carbocycles. The lowest BCUT2D eigenvalue weighted by Gasteiger charge is -2.09. The molecule has 10 heteroatoms. The van der Waals surface area contributed by atoms with Crippen molar-refractivity contribution in [3.05, 3.63) is 89.4 Å². The summed E-state index contributed by atoms with van der Waals surface area (Å²) < 4.78 is 31.0. The van der Waals surface area contributed by atoms with Gasteiger partial charge in [0.2, 0.25) is 5.06 Å². The highest BCUT2D eigenvalue weighted by Gasteiger charge is 2.31. The second kappa shape index (κ2) is 8.01. The molecule has 0 aliphatic rings. The average Bonchev–Trinajstić information content (AvgIpc) is 3.22. The topological polar surface area (TPSA) is 112 Å². The molecule has 4 rings (SSSR count). The van der Waals surface area contributed by atoms with Gasteiger partial charge >= 0.3 is 10.1 Å². The molecule has 0 unspecified atom stereocenters. The first kappa shape index (κ1) is 19.7. The zero-order valence-electron chi connectivity index (χ0n) is 15.2. The Bertz CT molecular complexity index is 1310. The summed E-state index contributed by atoms with van der Waals surface area (Å²) in [6.45, 7) is 0. The molecule has 0 radical (unpaired) electrons. The maximum absolute atomic E-state index is 12.9. The van der Waals surface area contributed by atoms with Gasteiger partial charge in [-0.2, -0.15) is 8.42 Å². The van der Waals surface area contributed by atoms with Crippen LogP contribution in [-0.4, -0.2) is 23.3 Å². The van der Waals surface area contributed by atoms with Gasteiger partial charge in [0.1, 0.15) is 5.01 Å². The van der Waals surface area contributed by atoms with E-state index < -0.39 is 25.6 Å². The molecule has 0 spiro atoms. The molecule has 30 heavy (non-hydrogen) atoms. The number of nitro groups is 1. The van der Waals surface area contributed by atoms with Crippen molar-refractivity contribution < 1.29 is 17.5 Å². The van der Waals surface area contributed by atoms with Crippen LogP contribution in [0.4, 0.5) is 5.69 Å². The van der Waals surface area contributed by atoms with Gasteiger partial charge in [0.15, 0.2) is 4.90 Å². The van der Waals surface area contributed by atoms with E-state index in [1.54, 1.807) is 54.9 Å². The van der Waals surface area contributed by atoms with Gasteiger partial charge in [-0.1, -0.05) is 47.7 Å². The third-order valence-electron chi connectivity index (χ3n) is 4.12. The lowest BCUT2D eigenvalue weighted by atomic mass is 10.0. The van der Waals surface area contributed by atoms with Crippen LogP contribution in [0.1, 0.15) is 0 Å². The SMILES string of the molecule is O=[N+]([O-])c1c(-c2ccccc2)cccc1S(=O)(=O)Oc1cnc(-c2cccnc2)s1. The van der Waals surface area contributed by atoms with Crippen LogP contribution in [0.2, 0.25) is 0 Å². The Kier molecular flexibility index (Phi) is 5.25. The van der Waals surface area contributed by atoms with E-state index in [1.165, 1.54) is 18.3 Å². The Balaban J connectivity index is 1.73. The Hall–Kier alpha value is -3.63. The van der Waals surface area contributed by atoms with E-state index in [0.717, 1.165) is 17.4 Å². The number of hydrogen-bond donors (Lipinski definition) is 0. The van der Waals surface area contributed by atoms with Crippen molar-refractivity contribution in [2.24, 2.45) is 0 Å². The van der Waals surface area contributed by atoms with Gasteiger partial charge in [-0.3, -0.25) is 15.1 Å². The van der Waals surface area contributed by atoms with E-state index in [0.29, 0.717) is 16.1 Å². The molecule has 0 N–H and O–H groups in total. The fourth-order valence-corrected chi connectivity index (χ4v) is 4.90. The van der Waals surface area contributed by atoms with Gasteiger partial charge in [-0.05, 0) is 29.8 Å². The molecule has 8 nitrogen and oxygen atoms in total. The van der Waals surface area contributed by atoms with Gasteiger partial charge in [-0.15, -0.1) is 0 Å². The Morgan fingerprint density at radius 2 is 1.70 bits per heavy atom. The monoisotopic (exact) mass is 439 g/mol. The van der Waals surface area contributed by atoms with Gasteiger partial charge < -0.3 is 4.18 Å². The average molecular weight is 439 g/mol. The summed E-state index contributed by atoms with van der Waals surface area (Å²) in [5.74, 6) is 0. The molecule has 4 aromatic rings. The van der Waals surface area contributed by atoms with Gasteiger partial charge in [0, 0.05) is 18.0 Å². The number of aromatic nitrogens is 2. The van der Waals surface area contributed by atoms with E-state index in [1.807, 2.05) is 0 Å². The largest absolute Gasteiger partial charge is 0.366 e. The predicted molar refractivity (Wildman–Crippen MR) is 112 cm³/mol. The summed E-state index contributed by atoms with van der Waals surface area (Å²) >= 11 is 1.000. The first-order valence-electron chi connectivity index (χ1n) is 8.59. The van der Waals surface area contributed by atoms with Crippen molar-refractivity contribution in [1.82, 2.24) is 9.97 Å². The second-order valence-electron chi connectivity index (χ2n) is 6.04. The minimum absolute atomic E-state index is 0.00624. The fourth-order valence-electron chi connectivity index (χ4n) is 2.84. The molecule has 0 aliphatic heterocycles. The number of hydrogen-bond acceptors (Lipinski definition) is 8. The maximum atomic E-state index is 12.9. The third kappa shape index (κ3) is 3.91. The highest BCUT2D eigenvalue weighted by atomic mass is 32.2. The van der Waals surface area contributed by atoms with Gasteiger partial charge in [0.05, 0.1) is 16.7 Å². The number of nitrogens with zero attached hydrogens (tertiary/aromatic N) is 3. The summed E-state index contributed by atoms with van der Waals surface area (Å²) in [4.78, 5) is 18.7. The molecule has 0 fully saturated rings. The predicted octanol–water partition coefficient (Wildman–Crippen LogP) is 4.55. The van der Waals surface area contributed by atoms with Crippen LogP contribution >= 0.6 is 11.3 Å². The highest BCUT2D eigenvalue weighted by Crippen LogP contribution is 2.37. The van der Waals surface area contributed by atoms with E-state index in [2.05, 4.69) is 9.97 Å². The van der Waals surface area contributed by atoms with E-state index in [9.17, 15) is 18.5 Å². The second-order valence-corrected chi connectivity index (χ2v) is 8.55. The van der Waals surface area contributed by atoms with Crippen molar-refractivity contribution in [3.8, 4) is 26.8 Å². The summed E-state index contributed by atoms with van der Waals surface area (Å²) in [6.07, 6.45) is 4.46. The van der Waals surface area contributed by atoms with Crippen LogP contribution in [-0.2, 0) is 10.1 Å². The lowest BCUT2D eigenvalue weighted by Crippen LogP contribution is -2.12. The number of pyridine rings is 1. The van der Waals surface area contributed by atoms with Crippen LogP contribution in [0.15, 0.2) is 84.1 Å². The summed E-state index contributed by atoms with van der Waals surface area (Å²) in [6, 6.07) is 16.1. The normalized spacial score (nSPS) is 11.2. The van der Waals surface area contributed by atoms with Crippen LogP contribution < -0.4 is 4.18 Å². The Morgan fingerprint density at radius 1 is 0.933 bits per heavy atom. The summed E-state index contributed by atoms with van der Waals surface area (Å²) in [5, 5.41) is 12.3. The van der Waals surface area contributed by atoms with Crippen LogP contribution in [0.5, 0.6) is 5.06 Å². The molecular formula is C20H13N3O5S2. The van der Waals surface area contributed by atoms with Crippen molar-refractivity contribution in [1.29, 1.82) is 0 Å². The van der Waals surface area contributed by atoms with E-state index >= 15 is 0 Å². The molecule has 0 aliphatic carbocycles. The number of thiazole rings is 1. The summed E-state index contributed by atoms with van der Waals surface area (Å²) in [7, 11) is -4.48. The van der Waals surface area contributed by atoms with E-state index in [-0.39, 0.29) is 10.6 Å². The molecular weight excluding hydrogens is 426 g/mol. The minimum Gasteiger partial charge on any atom is -0.366 e. The number of rotatable bonds is 6. The van der Waals surface area contributed by atoms with Crippen molar-refractivity contribution in [3.63, 3.8) is 0 Å². The summed E-state index contributed by atoms with van der Waals surface area (Å²) in [5.41, 5.74) is 0.871. The van der Waals surface area contributed by atoms with Crippen LogP contribution in [0.3, 0.4) is 0 Å². The van der Waals surface area contributed by atoms with Crippen LogP contribution in [0, 0.1) is 10.1 Å².